The van der Waals surface area contributed by atoms with E-state index in [0.717, 1.165) is 0 Å². The second kappa shape index (κ2) is 5.05. The molecule has 0 aromatic heterocycles. The monoisotopic (exact) mass is 250 g/mol. The molecule has 1 atom stereocenters. The molecule has 1 aliphatic rings. The summed E-state index contributed by atoms with van der Waals surface area (Å²) >= 11 is 0. The van der Waals surface area contributed by atoms with Gasteiger partial charge in [-0.2, -0.15) is 0 Å². The van der Waals surface area contributed by atoms with Crippen molar-refractivity contribution in [2.24, 2.45) is 5.73 Å². The molecule has 6 heteroatoms. The number of carbonyl (C=O) groups excluding carboxylic acids is 1. The molecule has 1 aliphatic heterocycles. The van der Waals surface area contributed by atoms with Crippen molar-refractivity contribution in [2.45, 2.75) is 12.5 Å². The number of hydrogen-bond donors (Lipinski definition) is 2. The molecule has 3 N–H and O–H groups in total. The number of hydrogen-bond acceptors (Lipinski definition) is 4. The predicted octanol–water partition coefficient (Wildman–Crippen LogP) is 0.214. The topological polar surface area (TPSA) is 92.9 Å². The predicted molar refractivity (Wildman–Crippen MR) is 64.5 cm³/mol. The Kier molecular flexibility index (Phi) is 3.47. The molecule has 18 heavy (non-hydrogen) atoms. The first-order chi connectivity index (χ1) is 8.63. The third-order valence-corrected chi connectivity index (χ3v) is 2.71. The van der Waals surface area contributed by atoms with Crippen LogP contribution in [-0.2, 0) is 9.59 Å². The third kappa shape index (κ3) is 2.28. The van der Waals surface area contributed by atoms with Gasteiger partial charge in [-0.3, -0.25) is 4.79 Å². The van der Waals surface area contributed by atoms with Crippen LogP contribution in [0, 0.1) is 0 Å². The second-order valence-corrected chi connectivity index (χ2v) is 3.96. The van der Waals surface area contributed by atoms with Gasteiger partial charge in [-0.15, -0.1) is 0 Å². The highest BCUT2D eigenvalue weighted by Gasteiger charge is 2.33. The molecule has 1 aromatic rings. The Labute approximate surface area is 104 Å². The van der Waals surface area contributed by atoms with Crippen LogP contribution in [0.5, 0.6) is 5.75 Å². The van der Waals surface area contributed by atoms with Crippen molar-refractivity contribution >= 4 is 17.6 Å². The summed E-state index contributed by atoms with van der Waals surface area (Å²) < 4.78 is 5.33. The molecule has 0 saturated heterocycles. The highest BCUT2D eigenvalue weighted by atomic mass is 16.5. The number of nitrogens with two attached hydrogens (primary N) is 1. The van der Waals surface area contributed by atoms with Crippen molar-refractivity contribution in [3.05, 3.63) is 24.3 Å². The molecule has 0 bridgehead atoms. The summed E-state index contributed by atoms with van der Waals surface area (Å²) in [6.07, 6.45) is -0.859. The van der Waals surface area contributed by atoms with Gasteiger partial charge in [0.2, 0.25) is 12.0 Å². The van der Waals surface area contributed by atoms with Crippen LogP contribution >= 0.6 is 0 Å². The Morgan fingerprint density at radius 1 is 1.44 bits per heavy atom. The SMILES string of the molecule is NCCC(=O)N1CC(C(=O)O)Oc2ccccc21. The first-order valence-electron chi connectivity index (χ1n) is 5.62. The molecule has 6 nitrogen and oxygen atoms in total. The number of para-hydroxylation sites is 2. The Morgan fingerprint density at radius 2 is 2.17 bits per heavy atom. The van der Waals surface area contributed by atoms with Gasteiger partial charge >= 0.3 is 5.97 Å². The lowest BCUT2D eigenvalue weighted by Gasteiger charge is -2.33. The molecule has 1 aromatic carbocycles. The quantitative estimate of drug-likeness (QED) is 0.800. The summed E-state index contributed by atoms with van der Waals surface area (Å²) in [5.74, 6) is -0.879. The summed E-state index contributed by atoms with van der Waals surface area (Å²) in [6.45, 7) is 0.237. The molecule has 1 amide bonds. The van der Waals surface area contributed by atoms with E-state index in [-0.39, 0.29) is 25.4 Å². The fraction of sp³-hybridized carbons (Fsp3) is 0.333. The van der Waals surface area contributed by atoms with Crippen LogP contribution in [-0.4, -0.2) is 36.2 Å². The van der Waals surface area contributed by atoms with E-state index in [1.165, 1.54) is 4.90 Å². The maximum Gasteiger partial charge on any atom is 0.346 e. The molecule has 0 saturated carbocycles. The van der Waals surface area contributed by atoms with Crippen LogP contribution in [0.3, 0.4) is 0 Å². The lowest BCUT2D eigenvalue weighted by Crippen LogP contribution is -2.47. The van der Waals surface area contributed by atoms with Crippen molar-refractivity contribution in [2.75, 3.05) is 18.0 Å². The van der Waals surface area contributed by atoms with E-state index < -0.39 is 12.1 Å². The van der Waals surface area contributed by atoms with Gasteiger partial charge in [0.25, 0.3) is 0 Å². The molecule has 0 fully saturated rings. The van der Waals surface area contributed by atoms with Crippen molar-refractivity contribution in [1.82, 2.24) is 0 Å². The van der Waals surface area contributed by atoms with Gasteiger partial charge in [-0.25, -0.2) is 4.79 Å². The van der Waals surface area contributed by atoms with Gasteiger partial charge < -0.3 is 20.5 Å². The van der Waals surface area contributed by atoms with E-state index in [4.69, 9.17) is 15.6 Å². The molecule has 0 aliphatic carbocycles. The lowest BCUT2D eigenvalue weighted by atomic mass is 10.1. The largest absolute Gasteiger partial charge is 0.478 e. The normalized spacial score (nSPS) is 17.8. The summed E-state index contributed by atoms with van der Waals surface area (Å²) in [6, 6.07) is 6.87. The van der Waals surface area contributed by atoms with Gasteiger partial charge in [-0.05, 0) is 12.1 Å². The number of fused-ring (bicyclic) bond motifs is 1. The zero-order valence-electron chi connectivity index (χ0n) is 9.70. The zero-order valence-corrected chi connectivity index (χ0v) is 9.70. The average molecular weight is 250 g/mol. The van der Waals surface area contributed by atoms with E-state index in [1.807, 2.05) is 0 Å². The summed E-state index contributed by atoms with van der Waals surface area (Å²) in [5.41, 5.74) is 5.95. The summed E-state index contributed by atoms with van der Waals surface area (Å²) in [7, 11) is 0. The number of carboxylic acids is 1. The number of anilines is 1. The summed E-state index contributed by atoms with van der Waals surface area (Å²) in [5, 5.41) is 9.01. The Hall–Kier alpha value is -2.08. The van der Waals surface area contributed by atoms with Crippen LogP contribution < -0.4 is 15.4 Å². The van der Waals surface area contributed by atoms with Gasteiger partial charge in [0.15, 0.2) is 0 Å². The van der Waals surface area contributed by atoms with Gasteiger partial charge in [0.1, 0.15) is 5.75 Å². The van der Waals surface area contributed by atoms with E-state index in [1.54, 1.807) is 24.3 Å². The van der Waals surface area contributed by atoms with Crippen molar-refractivity contribution in [3.8, 4) is 5.75 Å². The third-order valence-electron chi connectivity index (χ3n) is 2.71. The number of nitrogens with zero attached hydrogens (tertiary/aromatic N) is 1. The molecule has 2 rings (SSSR count). The van der Waals surface area contributed by atoms with E-state index in [9.17, 15) is 9.59 Å². The number of amides is 1. The molecule has 96 valence electrons. The Bertz CT molecular complexity index is 475. The number of aliphatic carboxylic acids is 1. The minimum absolute atomic E-state index is 0.00514. The van der Waals surface area contributed by atoms with Crippen LogP contribution in [0.4, 0.5) is 5.69 Å². The molecule has 0 radical (unpaired) electrons. The van der Waals surface area contributed by atoms with E-state index >= 15 is 0 Å². The first-order valence-corrected chi connectivity index (χ1v) is 5.62. The summed E-state index contributed by atoms with van der Waals surface area (Å²) in [4.78, 5) is 24.4. The molecular formula is C12H14N2O4. The number of rotatable bonds is 3. The zero-order chi connectivity index (χ0) is 13.1. The fourth-order valence-electron chi connectivity index (χ4n) is 1.86. The highest BCUT2D eigenvalue weighted by molar-refractivity contribution is 5.96. The van der Waals surface area contributed by atoms with Crippen molar-refractivity contribution in [3.63, 3.8) is 0 Å². The maximum absolute atomic E-state index is 11.9. The lowest BCUT2D eigenvalue weighted by molar-refractivity contribution is -0.145. The fourth-order valence-corrected chi connectivity index (χ4v) is 1.86. The van der Waals surface area contributed by atoms with Gasteiger partial charge in [-0.1, -0.05) is 12.1 Å². The maximum atomic E-state index is 11.9. The molecule has 1 heterocycles. The number of benzene rings is 1. The second-order valence-electron chi connectivity index (χ2n) is 3.96. The number of ether oxygens (including phenoxy) is 1. The van der Waals surface area contributed by atoms with Crippen molar-refractivity contribution < 1.29 is 19.4 Å². The average Bonchev–Trinajstić information content (AvgIpc) is 2.37. The Morgan fingerprint density at radius 3 is 2.83 bits per heavy atom. The standard InChI is InChI=1S/C12H14N2O4/c13-6-5-11(15)14-7-10(12(16)17)18-9-4-2-1-3-8(9)14/h1-4,10H,5-7,13H2,(H,16,17). The van der Waals surface area contributed by atoms with Crippen LogP contribution in [0.15, 0.2) is 24.3 Å². The van der Waals surface area contributed by atoms with Crippen LogP contribution in [0.25, 0.3) is 0 Å². The first kappa shape index (κ1) is 12.4. The molecule has 0 spiro atoms. The molecular weight excluding hydrogens is 236 g/mol. The smallest absolute Gasteiger partial charge is 0.346 e. The van der Waals surface area contributed by atoms with Gasteiger partial charge in [0, 0.05) is 13.0 Å². The van der Waals surface area contributed by atoms with Crippen LogP contribution in [0.1, 0.15) is 6.42 Å². The van der Waals surface area contributed by atoms with E-state index in [2.05, 4.69) is 0 Å². The molecule has 1 unspecified atom stereocenters. The Balaban J connectivity index is 2.33. The highest BCUT2D eigenvalue weighted by Crippen LogP contribution is 2.33. The van der Waals surface area contributed by atoms with E-state index in [0.29, 0.717) is 11.4 Å². The minimum atomic E-state index is -1.09. The minimum Gasteiger partial charge on any atom is -0.478 e. The number of carboxylic acid groups (broad SMARTS) is 1. The van der Waals surface area contributed by atoms with Gasteiger partial charge in [0.05, 0.1) is 12.2 Å². The van der Waals surface area contributed by atoms with Crippen LogP contribution in [0.2, 0.25) is 0 Å². The number of carbonyl (C=O) groups is 2. The van der Waals surface area contributed by atoms with Crippen molar-refractivity contribution in [1.29, 1.82) is 0 Å².